The van der Waals surface area contributed by atoms with Crippen LogP contribution in [0.1, 0.15) is 28.8 Å². The standard InChI is InChI=1S/C22H25NO5/c1-26-17-9-7-16(8-10-17)22(25)18-5-4-12-23(18)21(24)14-15-6-11-19(27-2)20(13-15)28-3/h6-11,13,18H,4-5,12,14H2,1-3H3. The van der Waals surface area contributed by atoms with Crippen LogP contribution in [0.25, 0.3) is 0 Å². The molecule has 1 atom stereocenters. The molecule has 148 valence electrons. The van der Waals surface area contributed by atoms with Gasteiger partial charge in [0, 0.05) is 12.1 Å². The fourth-order valence-electron chi connectivity index (χ4n) is 3.55. The highest BCUT2D eigenvalue weighted by molar-refractivity contribution is 6.02. The van der Waals surface area contributed by atoms with Gasteiger partial charge < -0.3 is 19.1 Å². The van der Waals surface area contributed by atoms with E-state index in [1.165, 1.54) is 0 Å². The molecule has 0 aliphatic carbocycles. The molecule has 6 nitrogen and oxygen atoms in total. The summed E-state index contributed by atoms with van der Waals surface area (Å²) < 4.78 is 15.7. The Bertz CT molecular complexity index is 847. The van der Waals surface area contributed by atoms with Crippen LogP contribution in [0.15, 0.2) is 42.5 Å². The number of ketones is 1. The van der Waals surface area contributed by atoms with Gasteiger partial charge in [-0.2, -0.15) is 0 Å². The topological polar surface area (TPSA) is 65.1 Å². The van der Waals surface area contributed by atoms with Crippen molar-refractivity contribution in [1.82, 2.24) is 4.90 Å². The summed E-state index contributed by atoms with van der Waals surface area (Å²) >= 11 is 0. The van der Waals surface area contributed by atoms with Crippen LogP contribution in [-0.4, -0.2) is 50.5 Å². The molecule has 1 saturated heterocycles. The average molecular weight is 383 g/mol. The summed E-state index contributed by atoms with van der Waals surface area (Å²) in [6.07, 6.45) is 1.72. The maximum Gasteiger partial charge on any atom is 0.227 e. The molecule has 1 heterocycles. The van der Waals surface area contributed by atoms with Gasteiger partial charge in [0.25, 0.3) is 0 Å². The summed E-state index contributed by atoms with van der Waals surface area (Å²) in [5, 5.41) is 0. The summed E-state index contributed by atoms with van der Waals surface area (Å²) in [5.41, 5.74) is 1.42. The van der Waals surface area contributed by atoms with Gasteiger partial charge in [-0.05, 0) is 54.8 Å². The molecule has 0 radical (unpaired) electrons. The first-order valence-electron chi connectivity index (χ1n) is 9.26. The van der Waals surface area contributed by atoms with E-state index in [0.29, 0.717) is 35.8 Å². The van der Waals surface area contributed by atoms with Crippen molar-refractivity contribution in [3.63, 3.8) is 0 Å². The Labute approximate surface area is 165 Å². The Balaban J connectivity index is 1.72. The SMILES string of the molecule is COc1ccc(C(=O)C2CCCN2C(=O)Cc2ccc(OC)c(OC)c2)cc1. The van der Waals surface area contributed by atoms with Crippen LogP contribution < -0.4 is 14.2 Å². The summed E-state index contributed by atoms with van der Waals surface area (Å²) in [6, 6.07) is 12.0. The Morgan fingerprint density at radius 1 is 0.964 bits per heavy atom. The average Bonchev–Trinajstić information content (AvgIpc) is 3.23. The van der Waals surface area contributed by atoms with E-state index in [0.717, 1.165) is 12.0 Å². The van der Waals surface area contributed by atoms with Gasteiger partial charge in [-0.25, -0.2) is 0 Å². The maximum absolute atomic E-state index is 12.9. The molecule has 2 aromatic carbocycles. The molecule has 0 bridgehead atoms. The number of carbonyl (C=O) groups excluding carboxylic acids is 2. The first-order chi connectivity index (χ1) is 13.6. The molecule has 3 rings (SSSR count). The van der Waals surface area contributed by atoms with Gasteiger partial charge in [-0.3, -0.25) is 9.59 Å². The van der Waals surface area contributed by atoms with Crippen molar-refractivity contribution in [1.29, 1.82) is 0 Å². The van der Waals surface area contributed by atoms with E-state index in [2.05, 4.69) is 0 Å². The number of Topliss-reactive ketones (excluding diaryl/α,β-unsaturated/α-hetero) is 1. The van der Waals surface area contributed by atoms with E-state index in [9.17, 15) is 9.59 Å². The third-order valence-electron chi connectivity index (χ3n) is 5.05. The van der Waals surface area contributed by atoms with Crippen LogP contribution in [0.4, 0.5) is 0 Å². The van der Waals surface area contributed by atoms with Crippen LogP contribution >= 0.6 is 0 Å². The third-order valence-corrected chi connectivity index (χ3v) is 5.05. The Hall–Kier alpha value is -3.02. The summed E-state index contributed by atoms with van der Waals surface area (Å²) in [7, 11) is 4.72. The quantitative estimate of drug-likeness (QED) is 0.688. The fraction of sp³-hybridized carbons (Fsp3) is 0.364. The van der Waals surface area contributed by atoms with Crippen molar-refractivity contribution < 1.29 is 23.8 Å². The zero-order valence-corrected chi connectivity index (χ0v) is 16.4. The number of rotatable bonds is 7. The van der Waals surface area contributed by atoms with Gasteiger partial charge in [0.2, 0.25) is 5.91 Å². The Kier molecular flexibility index (Phi) is 6.19. The lowest BCUT2D eigenvalue weighted by Gasteiger charge is -2.24. The van der Waals surface area contributed by atoms with Crippen LogP contribution in [0.2, 0.25) is 0 Å². The highest BCUT2D eigenvalue weighted by atomic mass is 16.5. The van der Waals surface area contributed by atoms with E-state index in [1.807, 2.05) is 6.07 Å². The predicted molar refractivity (Wildman–Crippen MR) is 105 cm³/mol. The van der Waals surface area contributed by atoms with Gasteiger partial charge in [-0.15, -0.1) is 0 Å². The zero-order chi connectivity index (χ0) is 20.1. The first kappa shape index (κ1) is 19.7. The minimum atomic E-state index is -0.416. The lowest BCUT2D eigenvalue weighted by atomic mass is 10.0. The molecule has 1 fully saturated rings. The molecule has 1 unspecified atom stereocenters. The molecule has 1 amide bonds. The van der Waals surface area contributed by atoms with Crippen LogP contribution in [0.3, 0.4) is 0 Å². The van der Waals surface area contributed by atoms with Crippen LogP contribution in [0.5, 0.6) is 17.2 Å². The number of methoxy groups -OCH3 is 3. The second-order valence-corrected chi connectivity index (χ2v) is 6.70. The van der Waals surface area contributed by atoms with Gasteiger partial charge in [0.15, 0.2) is 17.3 Å². The van der Waals surface area contributed by atoms with E-state index in [-0.39, 0.29) is 18.1 Å². The van der Waals surface area contributed by atoms with Crippen molar-refractivity contribution in [2.24, 2.45) is 0 Å². The van der Waals surface area contributed by atoms with Crippen molar-refractivity contribution in [2.75, 3.05) is 27.9 Å². The largest absolute Gasteiger partial charge is 0.497 e. The molecule has 2 aromatic rings. The highest BCUT2D eigenvalue weighted by Gasteiger charge is 2.34. The molecule has 0 N–H and O–H groups in total. The molecular weight excluding hydrogens is 358 g/mol. The van der Waals surface area contributed by atoms with Crippen molar-refractivity contribution in [2.45, 2.75) is 25.3 Å². The number of likely N-dealkylation sites (tertiary alicyclic amines) is 1. The fourth-order valence-corrected chi connectivity index (χ4v) is 3.55. The second-order valence-electron chi connectivity index (χ2n) is 6.70. The summed E-state index contributed by atoms with van der Waals surface area (Å²) in [6.45, 7) is 0.596. The molecule has 0 saturated carbocycles. The number of benzene rings is 2. The van der Waals surface area contributed by atoms with Gasteiger partial charge in [0.1, 0.15) is 5.75 Å². The monoisotopic (exact) mass is 383 g/mol. The lowest BCUT2D eigenvalue weighted by molar-refractivity contribution is -0.130. The lowest BCUT2D eigenvalue weighted by Crippen LogP contribution is -2.41. The smallest absolute Gasteiger partial charge is 0.227 e. The predicted octanol–water partition coefficient (Wildman–Crippen LogP) is 3.13. The van der Waals surface area contributed by atoms with Gasteiger partial charge in [0.05, 0.1) is 33.8 Å². The number of nitrogens with zero attached hydrogens (tertiary/aromatic N) is 1. The minimum Gasteiger partial charge on any atom is -0.497 e. The summed E-state index contributed by atoms with van der Waals surface area (Å²) in [4.78, 5) is 27.5. The molecule has 28 heavy (non-hydrogen) atoms. The van der Waals surface area contributed by atoms with E-state index < -0.39 is 6.04 Å². The number of ether oxygens (including phenoxy) is 3. The molecule has 0 aromatic heterocycles. The molecule has 6 heteroatoms. The van der Waals surface area contributed by atoms with Crippen LogP contribution in [0, 0.1) is 0 Å². The Morgan fingerprint density at radius 3 is 2.32 bits per heavy atom. The minimum absolute atomic E-state index is 0.0270. The normalized spacial score (nSPS) is 16.0. The molecule has 1 aliphatic heterocycles. The van der Waals surface area contributed by atoms with E-state index >= 15 is 0 Å². The van der Waals surface area contributed by atoms with Crippen LogP contribution in [-0.2, 0) is 11.2 Å². The first-order valence-corrected chi connectivity index (χ1v) is 9.26. The number of hydrogen-bond donors (Lipinski definition) is 0. The van der Waals surface area contributed by atoms with Crippen molar-refractivity contribution in [3.8, 4) is 17.2 Å². The number of amides is 1. The van der Waals surface area contributed by atoms with Gasteiger partial charge >= 0.3 is 0 Å². The van der Waals surface area contributed by atoms with Crippen molar-refractivity contribution >= 4 is 11.7 Å². The van der Waals surface area contributed by atoms with E-state index in [1.54, 1.807) is 62.6 Å². The number of hydrogen-bond acceptors (Lipinski definition) is 5. The Morgan fingerprint density at radius 2 is 1.68 bits per heavy atom. The zero-order valence-electron chi connectivity index (χ0n) is 16.4. The molecule has 0 spiro atoms. The molecular formula is C22H25NO5. The summed E-state index contributed by atoms with van der Waals surface area (Å²) in [5.74, 6) is 1.81. The third kappa shape index (κ3) is 4.11. The number of carbonyl (C=O) groups is 2. The highest BCUT2D eigenvalue weighted by Crippen LogP contribution is 2.29. The van der Waals surface area contributed by atoms with Crippen molar-refractivity contribution in [3.05, 3.63) is 53.6 Å². The second kappa shape index (κ2) is 8.78. The van der Waals surface area contributed by atoms with Gasteiger partial charge in [-0.1, -0.05) is 6.07 Å². The van der Waals surface area contributed by atoms with E-state index in [4.69, 9.17) is 14.2 Å². The maximum atomic E-state index is 12.9. The molecule has 1 aliphatic rings.